The molecule has 0 bridgehead atoms. The SMILES string of the molecule is Cc1ccc(NC(=O)CN2C(=O)NC(=Cc3c(C)n(Cc4ccccc4F)c4ccccc34)C2=O)cc1. The van der Waals surface area contributed by atoms with E-state index in [-0.39, 0.29) is 11.5 Å². The summed E-state index contributed by atoms with van der Waals surface area (Å²) in [6.45, 7) is 3.73. The first-order valence-electron chi connectivity index (χ1n) is 11.8. The van der Waals surface area contributed by atoms with Gasteiger partial charge < -0.3 is 15.2 Å². The number of hydrogen-bond acceptors (Lipinski definition) is 3. The number of urea groups is 1. The van der Waals surface area contributed by atoms with Gasteiger partial charge in [0.1, 0.15) is 18.1 Å². The highest BCUT2D eigenvalue weighted by molar-refractivity contribution is 6.16. The summed E-state index contributed by atoms with van der Waals surface area (Å²) in [7, 11) is 0. The van der Waals surface area contributed by atoms with Crippen molar-refractivity contribution in [2.45, 2.75) is 20.4 Å². The summed E-state index contributed by atoms with van der Waals surface area (Å²) in [5.74, 6) is -1.36. The molecule has 4 aromatic rings. The largest absolute Gasteiger partial charge is 0.340 e. The van der Waals surface area contributed by atoms with E-state index in [2.05, 4.69) is 10.6 Å². The van der Waals surface area contributed by atoms with Crippen LogP contribution in [0.25, 0.3) is 17.0 Å². The number of para-hydroxylation sites is 1. The van der Waals surface area contributed by atoms with Crippen LogP contribution in [0.3, 0.4) is 0 Å². The van der Waals surface area contributed by atoms with Crippen LogP contribution in [-0.2, 0) is 16.1 Å². The Kier molecular flexibility index (Phi) is 6.31. The van der Waals surface area contributed by atoms with Crippen LogP contribution >= 0.6 is 0 Å². The van der Waals surface area contributed by atoms with Gasteiger partial charge in [0.15, 0.2) is 0 Å². The molecule has 0 spiro atoms. The van der Waals surface area contributed by atoms with E-state index in [0.29, 0.717) is 17.8 Å². The summed E-state index contributed by atoms with van der Waals surface area (Å²) in [6.07, 6.45) is 1.62. The van der Waals surface area contributed by atoms with Crippen molar-refractivity contribution in [3.63, 3.8) is 0 Å². The van der Waals surface area contributed by atoms with Crippen LogP contribution in [0.5, 0.6) is 0 Å². The summed E-state index contributed by atoms with van der Waals surface area (Å²) < 4.78 is 16.4. The summed E-state index contributed by atoms with van der Waals surface area (Å²) in [5.41, 5.74) is 4.67. The zero-order chi connectivity index (χ0) is 26.1. The third-order valence-corrected chi connectivity index (χ3v) is 6.45. The van der Waals surface area contributed by atoms with Gasteiger partial charge in [-0.2, -0.15) is 0 Å². The van der Waals surface area contributed by atoms with Gasteiger partial charge >= 0.3 is 6.03 Å². The number of aryl methyl sites for hydroxylation is 1. The Balaban J connectivity index is 1.42. The highest BCUT2D eigenvalue weighted by atomic mass is 19.1. The molecule has 3 aromatic carbocycles. The molecule has 4 amide bonds. The first-order valence-corrected chi connectivity index (χ1v) is 11.8. The number of carbonyl (C=O) groups is 3. The summed E-state index contributed by atoms with van der Waals surface area (Å²) in [6, 6.07) is 20.8. The second-order valence-corrected chi connectivity index (χ2v) is 8.99. The highest BCUT2D eigenvalue weighted by Crippen LogP contribution is 2.30. The molecule has 1 aliphatic heterocycles. The molecule has 1 aliphatic rings. The number of halogens is 1. The Bertz CT molecular complexity index is 1570. The second kappa shape index (κ2) is 9.73. The number of carbonyl (C=O) groups excluding carboxylic acids is 3. The molecule has 8 heteroatoms. The zero-order valence-electron chi connectivity index (χ0n) is 20.4. The lowest BCUT2D eigenvalue weighted by Gasteiger charge is -2.12. The normalized spacial score (nSPS) is 14.5. The number of nitrogens with one attached hydrogen (secondary N) is 2. The molecule has 7 nitrogen and oxygen atoms in total. The standard InChI is InChI=1S/C29H25FN4O3/c1-18-11-13-21(14-12-18)31-27(35)17-34-28(36)25(32-29(34)37)15-23-19(2)33(26-10-6-4-8-22(23)26)16-20-7-3-5-9-24(20)30/h3-15H,16-17H2,1-2H3,(H,31,35)(H,32,37). The summed E-state index contributed by atoms with van der Waals surface area (Å²) in [5, 5.41) is 6.15. The molecular weight excluding hydrogens is 471 g/mol. The highest BCUT2D eigenvalue weighted by Gasteiger charge is 2.35. The van der Waals surface area contributed by atoms with Gasteiger partial charge in [-0.25, -0.2) is 14.1 Å². The van der Waals surface area contributed by atoms with Gasteiger partial charge in [0.2, 0.25) is 5.91 Å². The zero-order valence-corrected chi connectivity index (χ0v) is 20.4. The molecule has 0 unspecified atom stereocenters. The fraction of sp³-hybridized carbons (Fsp3) is 0.138. The van der Waals surface area contributed by atoms with Crippen molar-refractivity contribution in [2.24, 2.45) is 0 Å². The van der Waals surface area contributed by atoms with Crippen LogP contribution < -0.4 is 10.6 Å². The Morgan fingerprint density at radius 1 is 0.973 bits per heavy atom. The van der Waals surface area contributed by atoms with E-state index in [4.69, 9.17) is 0 Å². The molecule has 37 heavy (non-hydrogen) atoms. The molecule has 186 valence electrons. The fourth-order valence-corrected chi connectivity index (χ4v) is 4.48. The first kappa shape index (κ1) is 24.0. The van der Waals surface area contributed by atoms with Crippen molar-refractivity contribution in [1.82, 2.24) is 14.8 Å². The monoisotopic (exact) mass is 496 g/mol. The smallest absolute Gasteiger partial charge is 0.329 e. The van der Waals surface area contributed by atoms with Gasteiger partial charge in [-0.05, 0) is 44.2 Å². The Morgan fingerprint density at radius 3 is 2.43 bits per heavy atom. The van der Waals surface area contributed by atoms with Gasteiger partial charge in [-0.1, -0.05) is 54.1 Å². The number of fused-ring (bicyclic) bond motifs is 1. The molecule has 0 aliphatic carbocycles. The third kappa shape index (κ3) is 4.73. The van der Waals surface area contributed by atoms with E-state index in [1.165, 1.54) is 6.07 Å². The van der Waals surface area contributed by atoms with Gasteiger partial charge in [0, 0.05) is 33.4 Å². The topological polar surface area (TPSA) is 83.4 Å². The van der Waals surface area contributed by atoms with Crippen LogP contribution in [-0.4, -0.2) is 33.9 Å². The summed E-state index contributed by atoms with van der Waals surface area (Å²) in [4.78, 5) is 39.0. The van der Waals surface area contributed by atoms with Crippen LogP contribution in [0.2, 0.25) is 0 Å². The predicted molar refractivity (Wildman–Crippen MR) is 140 cm³/mol. The van der Waals surface area contributed by atoms with Crippen LogP contribution in [0, 0.1) is 19.7 Å². The first-order chi connectivity index (χ1) is 17.8. The number of nitrogens with zero attached hydrogens (tertiary/aromatic N) is 2. The minimum atomic E-state index is -0.664. The van der Waals surface area contributed by atoms with Gasteiger partial charge in [0.25, 0.3) is 5.91 Å². The average Bonchev–Trinajstić information content (AvgIpc) is 3.30. The van der Waals surface area contributed by atoms with E-state index in [1.807, 2.05) is 54.8 Å². The second-order valence-electron chi connectivity index (χ2n) is 8.99. The van der Waals surface area contributed by atoms with Crippen LogP contribution in [0.1, 0.15) is 22.4 Å². The molecule has 0 saturated carbocycles. The third-order valence-electron chi connectivity index (χ3n) is 6.45. The van der Waals surface area contributed by atoms with E-state index < -0.39 is 24.4 Å². The minimum absolute atomic E-state index is 0.0741. The Labute approximate surface area is 213 Å². The number of amides is 4. The van der Waals surface area contributed by atoms with Crippen LogP contribution in [0.15, 0.2) is 78.5 Å². The number of imide groups is 1. The number of aromatic nitrogens is 1. The fourth-order valence-electron chi connectivity index (χ4n) is 4.48. The quantitative estimate of drug-likeness (QED) is 0.292. The van der Waals surface area contributed by atoms with Gasteiger partial charge in [0.05, 0.1) is 6.54 Å². The molecule has 2 N–H and O–H groups in total. The maximum atomic E-state index is 14.4. The predicted octanol–water partition coefficient (Wildman–Crippen LogP) is 4.98. The van der Waals surface area contributed by atoms with E-state index in [1.54, 1.807) is 36.4 Å². The van der Waals surface area contributed by atoms with E-state index >= 15 is 0 Å². The molecule has 0 radical (unpaired) electrons. The maximum absolute atomic E-state index is 14.4. The number of benzene rings is 3. The lowest BCUT2D eigenvalue weighted by Crippen LogP contribution is -2.38. The molecule has 1 fully saturated rings. The molecule has 1 aromatic heterocycles. The number of hydrogen-bond donors (Lipinski definition) is 2. The van der Waals surface area contributed by atoms with Crippen molar-refractivity contribution in [3.05, 3.63) is 107 Å². The van der Waals surface area contributed by atoms with Crippen molar-refractivity contribution < 1.29 is 18.8 Å². The average molecular weight is 497 g/mol. The van der Waals surface area contributed by atoms with E-state index in [0.717, 1.165) is 32.6 Å². The number of rotatable bonds is 6. The maximum Gasteiger partial charge on any atom is 0.329 e. The van der Waals surface area contributed by atoms with Crippen LogP contribution in [0.4, 0.5) is 14.9 Å². The minimum Gasteiger partial charge on any atom is -0.340 e. The molecular formula is C29H25FN4O3. The lowest BCUT2D eigenvalue weighted by molar-refractivity contribution is -0.127. The van der Waals surface area contributed by atoms with Crippen molar-refractivity contribution >= 4 is 40.5 Å². The molecule has 0 atom stereocenters. The van der Waals surface area contributed by atoms with Crippen molar-refractivity contribution in [2.75, 3.05) is 11.9 Å². The van der Waals surface area contributed by atoms with Gasteiger partial charge in [-0.3, -0.25) is 9.59 Å². The Morgan fingerprint density at radius 2 is 1.68 bits per heavy atom. The molecule has 1 saturated heterocycles. The van der Waals surface area contributed by atoms with E-state index in [9.17, 15) is 18.8 Å². The van der Waals surface area contributed by atoms with Crippen molar-refractivity contribution in [3.8, 4) is 0 Å². The molecule has 2 heterocycles. The Hall–Kier alpha value is -4.72. The van der Waals surface area contributed by atoms with Crippen molar-refractivity contribution in [1.29, 1.82) is 0 Å². The molecule has 5 rings (SSSR count). The van der Waals surface area contributed by atoms with Gasteiger partial charge in [-0.15, -0.1) is 0 Å². The summed E-state index contributed by atoms with van der Waals surface area (Å²) >= 11 is 0. The lowest BCUT2D eigenvalue weighted by atomic mass is 10.1. The number of anilines is 1.